The molecule has 94 valence electrons. The van der Waals surface area contributed by atoms with Gasteiger partial charge in [-0.2, -0.15) is 0 Å². The van der Waals surface area contributed by atoms with E-state index in [1.54, 1.807) is 0 Å². The first-order valence-corrected chi connectivity index (χ1v) is 7.01. The molecule has 0 amide bonds. The smallest absolute Gasteiger partial charge is 0.0244 e. The molecule has 2 fully saturated rings. The van der Waals surface area contributed by atoms with E-state index in [0.29, 0.717) is 11.5 Å². The molecule has 0 aromatic heterocycles. The van der Waals surface area contributed by atoms with Crippen molar-refractivity contribution >= 4 is 0 Å². The van der Waals surface area contributed by atoms with E-state index in [0.717, 1.165) is 5.92 Å². The van der Waals surface area contributed by atoms with Crippen LogP contribution in [0.1, 0.15) is 46.5 Å². The van der Waals surface area contributed by atoms with Crippen molar-refractivity contribution in [2.75, 3.05) is 26.2 Å². The fourth-order valence-corrected chi connectivity index (χ4v) is 2.74. The number of hydrogen-bond donors (Lipinski definition) is 1. The summed E-state index contributed by atoms with van der Waals surface area (Å²) in [5, 5.41) is 3.66. The van der Waals surface area contributed by atoms with Crippen LogP contribution >= 0.6 is 0 Å². The third kappa shape index (κ3) is 3.21. The molecule has 1 saturated carbocycles. The summed E-state index contributed by atoms with van der Waals surface area (Å²) in [6, 6.07) is 0.669. The summed E-state index contributed by atoms with van der Waals surface area (Å²) in [4.78, 5) is 2.67. The van der Waals surface area contributed by atoms with E-state index >= 15 is 0 Å². The molecule has 1 aliphatic heterocycles. The number of hydrogen-bond acceptors (Lipinski definition) is 2. The van der Waals surface area contributed by atoms with Gasteiger partial charge >= 0.3 is 0 Å². The van der Waals surface area contributed by atoms with Crippen LogP contribution in [0.25, 0.3) is 0 Å². The van der Waals surface area contributed by atoms with Crippen LogP contribution in [0.2, 0.25) is 0 Å². The van der Waals surface area contributed by atoms with Crippen molar-refractivity contribution in [3.8, 4) is 0 Å². The van der Waals surface area contributed by atoms with E-state index in [2.05, 4.69) is 31.0 Å². The van der Waals surface area contributed by atoms with Crippen molar-refractivity contribution < 1.29 is 0 Å². The van der Waals surface area contributed by atoms with Gasteiger partial charge in [-0.15, -0.1) is 0 Å². The molecule has 1 heterocycles. The van der Waals surface area contributed by atoms with Crippen molar-refractivity contribution in [3.63, 3.8) is 0 Å². The molecule has 2 rings (SSSR count). The van der Waals surface area contributed by atoms with E-state index in [1.165, 1.54) is 51.9 Å². The average molecular weight is 224 g/mol. The van der Waals surface area contributed by atoms with E-state index in [4.69, 9.17) is 0 Å². The zero-order chi connectivity index (χ0) is 11.6. The highest BCUT2D eigenvalue weighted by atomic mass is 15.2. The maximum atomic E-state index is 3.66. The Hall–Kier alpha value is -0.0800. The number of rotatable bonds is 3. The second-order valence-electron chi connectivity index (χ2n) is 6.76. The van der Waals surface area contributed by atoms with Crippen LogP contribution in [0, 0.1) is 11.3 Å². The molecule has 0 bridgehead atoms. The Morgan fingerprint density at radius 1 is 1.25 bits per heavy atom. The van der Waals surface area contributed by atoms with E-state index in [1.807, 2.05) is 0 Å². The Morgan fingerprint density at radius 2 is 2.00 bits per heavy atom. The first kappa shape index (κ1) is 12.4. The molecule has 2 heteroatoms. The molecule has 0 aromatic carbocycles. The predicted octanol–water partition coefficient (Wildman–Crippen LogP) is 2.50. The second-order valence-corrected chi connectivity index (χ2v) is 6.76. The summed E-state index contributed by atoms with van der Waals surface area (Å²) in [6.07, 6.45) is 5.91. The van der Waals surface area contributed by atoms with Crippen LogP contribution < -0.4 is 5.32 Å². The van der Waals surface area contributed by atoms with Gasteiger partial charge < -0.3 is 10.2 Å². The Labute approximate surface area is 101 Å². The van der Waals surface area contributed by atoms with Crippen molar-refractivity contribution in [2.45, 2.75) is 52.5 Å². The molecule has 1 N–H and O–H groups in total. The van der Waals surface area contributed by atoms with Gasteiger partial charge in [0.15, 0.2) is 0 Å². The molecule has 0 radical (unpaired) electrons. The third-order valence-corrected chi connectivity index (χ3v) is 4.38. The van der Waals surface area contributed by atoms with Crippen molar-refractivity contribution in [1.29, 1.82) is 0 Å². The van der Waals surface area contributed by atoms with Gasteiger partial charge in [-0.25, -0.2) is 0 Å². The molecule has 2 nitrogen and oxygen atoms in total. The van der Waals surface area contributed by atoms with E-state index in [-0.39, 0.29) is 0 Å². The molecule has 1 saturated heterocycles. The molecule has 16 heavy (non-hydrogen) atoms. The molecule has 0 spiro atoms. The van der Waals surface area contributed by atoms with Gasteiger partial charge in [0.2, 0.25) is 0 Å². The van der Waals surface area contributed by atoms with Gasteiger partial charge in [0.25, 0.3) is 0 Å². The van der Waals surface area contributed by atoms with E-state index in [9.17, 15) is 0 Å². The van der Waals surface area contributed by atoms with Crippen LogP contribution in [0.3, 0.4) is 0 Å². The minimum absolute atomic E-state index is 0.398. The predicted molar refractivity (Wildman–Crippen MR) is 69.6 cm³/mol. The SMILES string of the molecule is CC(C)(C)C1CN(CCC2CCC2)CCN1. The first-order chi connectivity index (χ1) is 7.55. The molecular weight excluding hydrogens is 196 g/mol. The molecule has 1 aliphatic carbocycles. The zero-order valence-electron chi connectivity index (χ0n) is 11.3. The lowest BCUT2D eigenvalue weighted by Crippen LogP contribution is -2.56. The average Bonchev–Trinajstić information content (AvgIpc) is 2.14. The summed E-state index contributed by atoms with van der Waals surface area (Å²) in [7, 11) is 0. The highest BCUT2D eigenvalue weighted by Gasteiger charge is 2.29. The number of nitrogens with one attached hydrogen (secondary N) is 1. The molecule has 1 atom stereocenters. The lowest BCUT2D eigenvalue weighted by atomic mass is 9.82. The summed E-state index contributed by atoms with van der Waals surface area (Å²) >= 11 is 0. The molecule has 1 unspecified atom stereocenters. The van der Waals surface area contributed by atoms with Crippen LogP contribution in [0.15, 0.2) is 0 Å². The zero-order valence-corrected chi connectivity index (χ0v) is 11.3. The first-order valence-electron chi connectivity index (χ1n) is 7.01. The van der Waals surface area contributed by atoms with Gasteiger partial charge in [0.1, 0.15) is 0 Å². The minimum Gasteiger partial charge on any atom is -0.311 e. The Bertz CT molecular complexity index is 215. The third-order valence-electron chi connectivity index (χ3n) is 4.38. The van der Waals surface area contributed by atoms with Crippen LogP contribution in [-0.4, -0.2) is 37.1 Å². The second kappa shape index (κ2) is 5.05. The molecule has 2 aliphatic rings. The Balaban J connectivity index is 1.73. The van der Waals surface area contributed by atoms with Crippen molar-refractivity contribution in [3.05, 3.63) is 0 Å². The monoisotopic (exact) mass is 224 g/mol. The van der Waals surface area contributed by atoms with Crippen molar-refractivity contribution in [1.82, 2.24) is 10.2 Å². The maximum absolute atomic E-state index is 3.66. The van der Waals surface area contributed by atoms with E-state index < -0.39 is 0 Å². The van der Waals surface area contributed by atoms with Gasteiger partial charge in [-0.3, -0.25) is 0 Å². The maximum Gasteiger partial charge on any atom is 0.0244 e. The lowest BCUT2D eigenvalue weighted by Gasteiger charge is -2.41. The van der Waals surface area contributed by atoms with Gasteiger partial charge in [0.05, 0.1) is 0 Å². The molecule has 0 aromatic rings. The number of piperazine rings is 1. The highest BCUT2D eigenvalue weighted by Crippen LogP contribution is 2.30. The van der Waals surface area contributed by atoms with Gasteiger partial charge in [0, 0.05) is 25.7 Å². The molecular formula is C14H28N2. The summed E-state index contributed by atoms with van der Waals surface area (Å²) in [5.41, 5.74) is 0.398. The summed E-state index contributed by atoms with van der Waals surface area (Å²) < 4.78 is 0. The number of nitrogens with zero attached hydrogens (tertiary/aromatic N) is 1. The fraction of sp³-hybridized carbons (Fsp3) is 1.00. The Kier molecular flexibility index (Phi) is 3.91. The van der Waals surface area contributed by atoms with Crippen LogP contribution in [0.5, 0.6) is 0 Å². The minimum atomic E-state index is 0.398. The fourth-order valence-electron chi connectivity index (χ4n) is 2.74. The topological polar surface area (TPSA) is 15.3 Å². The van der Waals surface area contributed by atoms with Gasteiger partial charge in [-0.05, 0) is 24.3 Å². The van der Waals surface area contributed by atoms with Gasteiger partial charge in [-0.1, -0.05) is 40.0 Å². The van der Waals surface area contributed by atoms with Crippen LogP contribution in [0.4, 0.5) is 0 Å². The Morgan fingerprint density at radius 3 is 2.56 bits per heavy atom. The summed E-state index contributed by atoms with van der Waals surface area (Å²) in [6.45, 7) is 12.0. The summed E-state index contributed by atoms with van der Waals surface area (Å²) in [5.74, 6) is 1.06. The lowest BCUT2D eigenvalue weighted by molar-refractivity contribution is 0.122. The largest absolute Gasteiger partial charge is 0.311 e. The standard InChI is InChI=1S/C14H28N2/c1-14(2,3)13-11-16(10-8-15-13)9-7-12-5-4-6-12/h12-13,15H,4-11H2,1-3H3. The quantitative estimate of drug-likeness (QED) is 0.792. The highest BCUT2D eigenvalue weighted by molar-refractivity contribution is 4.87. The normalized spacial score (nSPS) is 29.1. The van der Waals surface area contributed by atoms with Crippen LogP contribution in [-0.2, 0) is 0 Å². The van der Waals surface area contributed by atoms with Crippen molar-refractivity contribution in [2.24, 2.45) is 11.3 Å².